The van der Waals surface area contributed by atoms with Crippen LogP contribution in [0.5, 0.6) is 0 Å². The number of Topliss-reactive ketones (excluding diaryl/α,β-unsaturated/α-hetero) is 1. The number of rotatable bonds is 2. The molecule has 0 radical (unpaired) electrons. The van der Waals surface area contributed by atoms with Crippen LogP contribution < -0.4 is 0 Å². The number of ketones is 1. The highest BCUT2D eigenvalue weighted by Gasteiger charge is 2.22. The van der Waals surface area contributed by atoms with Crippen LogP contribution in [-0.4, -0.2) is 5.78 Å². The monoisotopic (exact) mass is 190 g/mol. The molecule has 0 saturated heterocycles. The molecule has 1 atom stereocenters. The van der Waals surface area contributed by atoms with Crippen molar-refractivity contribution in [3.8, 4) is 0 Å². The number of allylic oxidation sites excluding steroid dienone is 6. The van der Waals surface area contributed by atoms with Gasteiger partial charge in [-0.1, -0.05) is 51.2 Å². The molecule has 0 bridgehead atoms. The Balaban J connectivity index is 2.98. The van der Waals surface area contributed by atoms with E-state index in [1.807, 2.05) is 18.2 Å². The summed E-state index contributed by atoms with van der Waals surface area (Å²) in [6, 6.07) is 0. The Morgan fingerprint density at radius 1 is 1.36 bits per heavy atom. The molecule has 0 N–H and O–H groups in total. The molecule has 1 aliphatic rings. The number of carbonyl (C=O) groups is 1. The van der Waals surface area contributed by atoms with E-state index in [0.29, 0.717) is 5.92 Å². The SMILES string of the molecule is CC(=O)C1=CC=CC(C)(C(C)C)C=C1. The molecule has 1 nitrogen and oxygen atoms in total. The Bertz CT molecular complexity index is 318. The Morgan fingerprint density at radius 3 is 2.50 bits per heavy atom. The van der Waals surface area contributed by atoms with Gasteiger partial charge in [0.2, 0.25) is 0 Å². The third-order valence-electron chi connectivity index (χ3n) is 3.00. The first-order valence-corrected chi connectivity index (χ1v) is 5.05. The Labute approximate surface area is 86.2 Å². The summed E-state index contributed by atoms with van der Waals surface area (Å²) >= 11 is 0. The molecule has 0 fully saturated rings. The molecule has 0 aromatic heterocycles. The summed E-state index contributed by atoms with van der Waals surface area (Å²) in [5.41, 5.74) is 0.846. The first kappa shape index (κ1) is 11.0. The van der Waals surface area contributed by atoms with Crippen LogP contribution in [0.1, 0.15) is 27.7 Å². The second-order valence-corrected chi connectivity index (χ2v) is 4.39. The molecule has 0 aliphatic heterocycles. The minimum atomic E-state index is 0.0632. The van der Waals surface area contributed by atoms with Crippen LogP contribution in [0.2, 0.25) is 0 Å². The maximum atomic E-state index is 11.2. The van der Waals surface area contributed by atoms with Gasteiger partial charge in [0.1, 0.15) is 0 Å². The molecule has 14 heavy (non-hydrogen) atoms. The van der Waals surface area contributed by atoms with Gasteiger partial charge >= 0.3 is 0 Å². The first-order chi connectivity index (χ1) is 6.46. The van der Waals surface area contributed by atoms with Crippen molar-refractivity contribution in [3.63, 3.8) is 0 Å². The zero-order valence-corrected chi connectivity index (χ0v) is 9.37. The van der Waals surface area contributed by atoms with E-state index in [2.05, 4.69) is 32.9 Å². The van der Waals surface area contributed by atoms with E-state index in [0.717, 1.165) is 5.57 Å². The predicted octanol–water partition coefficient (Wildman–Crippen LogP) is 3.29. The molecule has 0 spiro atoms. The minimum Gasteiger partial charge on any atom is -0.295 e. The van der Waals surface area contributed by atoms with E-state index in [1.54, 1.807) is 6.92 Å². The van der Waals surface area contributed by atoms with Crippen molar-refractivity contribution in [1.82, 2.24) is 0 Å². The molecular formula is C13H18O. The molecule has 0 amide bonds. The van der Waals surface area contributed by atoms with Crippen LogP contribution in [0.25, 0.3) is 0 Å². The van der Waals surface area contributed by atoms with Gasteiger partial charge in [-0.05, 0) is 12.8 Å². The fourth-order valence-corrected chi connectivity index (χ4v) is 1.36. The quantitative estimate of drug-likeness (QED) is 0.653. The number of hydrogen-bond acceptors (Lipinski definition) is 1. The summed E-state index contributed by atoms with van der Waals surface area (Å²) in [5.74, 6) is 0.661. The van der Waals surface area contributed by atoms with Crippen LogP contribution in [0.4, 0.5) is 0 Å². The van der Waals surface area contributed by atoms with Crippen molar-refractivity contribution in [2.45, 2.75) is 27.7 Å². The third-order valence-corrected chi connectivity index (χ3v) is 3.00. The lowest BCUT2D eigenvalue weighted by Gasteiger charge is -2.26. The van der Waals surface area contributed by atoms with E-state index in [-0.39, 0.29) is 11.2 Å². The van der Waals surface area contributed by atoms with Gasteiger partial charge in [0, 0.05) is 11.0 Å². The maximum Gasteiger partial charge on any atom is 0.159 e. The topological polar surface area (TPSA) is 17.1 Å². The average Bonchev–Trinajstić information content (AvgIpc) is 2.28. The fourth-order valence-electron chi connectivity index (χ4n) is 1.36. The van der Waals surface area contributed by atoms with Crippen molar-refractivity contribution in [3.05, 3.63) is 36.0 Å². The molecular weight excluding hydrogens is 172 g/mol. The molecule has 0 saturated carbocycles. The van der Waals surface area contributed by atoms with Gasteiger partial charge < -0.3 is 0 Å². The van der Waals surface area contributed by atoms with Crippen molar-refractivity contribution < 1.29 is 4.79 Å². The Hall–Kier alpha value is -1.11. The van der Waals surface area contributed by atoms with Gasteiger partial charge in [-0.3, -0.25) is 4.79 Å². The lowest BCUT2D eigenvalue weighted by Crippen LogP contribution is -2.17. The second-order valence-electron chi connectivity index (χ2n) is 4.39. The van der Waals surface area contributed by atoms with Crippen molar-refractivity contribution in [2.24, 2.45) is 11.3 Å². The highest BCUT2D eigenvalue weighted by atomic mass is 16.1. The number of hydrogen-bond donors (Lipinski definition) is 0. The molecule has 0 aromatic rings. The molecule has 0 aromatic carbocycles. The molecule has 1 heteroatoms. The Kier molecular flexibility index (Phi) is 3.10. The summed E-state index contributed by atoms with van der Waals surface area (Å²) in [7, 11) is 0. The summed E-state index contributed by atoms with van der Waals surface area (Å²) < 4.78 is 0. The minimum absolute atomic E-state index is 0.0632. The van der Waals surface area contributed by atoms with Gasteiger partial charge in [0.05, 0.1) is 0 Å². The van der Waals surface area contributed by atoms with Crippen molar-refractivity contribution >= 4 is 5.78 Å². The van der Waals surface area contributed by atoms with Crippen molar-refractivity contribution in [2.75, 3.05) is 0 Å². The maximum absolute atomic E-state index is 11.2. The zero-order valence-electron chi connectivity index (χ0n) is 9.37. The van der Waals surface area contributed by atoms with E-state index in [1.165, 1.54) is 0 Å². The normalized spacial score (nSPS) is 26.2. The zero-order chi connectivity index (χ0) is 10.8. The summed E-state index contributed by atoms with van der Waals surface area (Å²) in [6.45, 7) is 8.16. The molecule has 1 unspecified atom stereocenters. The highest BCUT2D eigenvalue weighted by Crippen LogP contribution is 2.32. The summed E-state index contributed by atoms with van der Waals surface area (Å²) in [5, 5.41) is 0. The fraction of sp³-hybridized carbons (Fsp3) is 0.462. The van der Waals surface area contributed by atoms with Gasteiger partial charge in [-0.15, -0.1) is 0 Å². The van der Waals surface area contributed by atoms with Crippen LogP contribution >= 0.6 is 0 Å². The van der Waals surface area contributed by atoms with Crippen LogP contribution in [0.15, 0.2) is 36.0 Å². The van der Waals surface area contributed by atoms with Gasteiger partial charge in [-0.25, -0.2) is 0 Å². The lowest BCUT2D eigenvalue weighted by atomic mass is 9.79. The van der Waals surface area contributed by atoms with Gasteiger partial charge in [-0.2, -0.15) is 0 Å². The lowest BCUT2D eigenvalue weighted by molar-refractivity contribution is -0.113. The molecule has 1 rings (SSSR count). The second kappa shape index (κ2) is 3.95. The van der Waals surface area contributed by atoms with E-state index in [4.69, 9.17) is 0 Å². The van der Waals surface area contributed by atoms with Crippen LogP contribution in [-0.2, 0) is 4.79 Å². The summed E-state index contributed by atoms with van der Waals surface area (Å²) in [4.78, 5) is 11.2. The third kappa shape index (κ3) is 2.22. The average molecular weight is 190 g/mol. The molecule has 76 valence electrons. The standard InChI is InChI=1S/C13H18O/c1-10(2)13(4)8-5-6-12(7-9-13)11(3)14/h5-10H,1-4H3. The van der Waals surface area contributed by atoms with E-state index >= 15 is 0 Å². The smallest absolute Gasteiger partial charge is 0.159 e. The largest absolute Gasteiger partial charge is 0.295 e. The highest BCUT2D eigenvalue weighted by molar-refractivity contribution is 5.96. The first-order valence-electron chi connectivity index (χ1n) is 5.05. The Morgan fingerprint density at radius 2 is 2.00 bits per heavy atom. The summed E-state index contributed by atoms with van der Waals surface area (Å²) in [6.07, 6.45) is 10.1. The molecule has 0 heterocycles. The van der Waals surface area contributed by atoms with E-state index in [9.17, 15) is 4.79 Å². The van der Waals surface area contributed by atoms with Crippen LogP contribution in [0.3, 0.4) is 0 Å². The van der Waals surface area contributed by atoms with E-state index < -0.39 is 0 Å². The van der Waals surface area contributed by atoms with Crippen molar-refractivity contribution in [1.29, 1.82) is 0 Å². The van der Waals surface area contributed by atoms with Crippen LogP contribution in [0, 0.1) is 11.3 Å². The number of carbonyl (C=O) groups excluding carboxylic acids is 1. The van der Waals surface area contributed by atoms with Gasteiger partial charge in [0.25, 0.3) is 0 Å². The van der Waals surface area contributed by atoms with Gasteiger partial charge in [0.15, 0.2) is 5.78 Å². The molecule has 1 aliphatic carbocycles. The predicted molar refractivity (Wildman–Crippen MR) is 60.0 cm³/mol.